The predicted octanol–water partition coefficient (Wildman–Crippen LogP) is -0.337. The lowest BCUT2D eigenvalue weighted by Crippen LogP contribution is -2.73. The second-order valence-corrected chi connectivity index (χ2v) is 4.31. The minimum absolute atomic E-state index is 0.321. The summed E-state index contributed by atoms with van der Waals surface area (Å²) in [5.74, 6) is 0.862. The van der Waals surface area contributed by atoms with E-state index in [1.54, 1.807) is 0 Å². The molecular weight excluding hydrogens is 152 g/mol. The van der Waals surface area contributed by atoms with Gasteiger partial charge in [-0.15, -0.1) is 0 Å². The van der Waals surface area contributed by atoms with Crippen LogP contribution in [0.2, 0.25) is 0 Å². The molecule has 2 rings (SSSR count). The maximum atomic E-state index is 8.95. The molecule has 0 radical (unpaired) electrons. The van der Waals surface area contributed by atoms with Gasteiger partial charge in [0.15, 0.2) is 0 Å². The highest BCUT2D eigenvalue weighted by atomic mass is 16.3. The van der Waals surface area contributed by atoms with Crippen LogP contribution < -0.4 is 5.32 Å². The lowest BCUT2D eigenvalue weighted by Gasteiger charge is -2.56. The first-order valence-corrected chi connectivity index (χ1v) is 4.83. The van der Waals surface area contributed by atoms with Crippen molar-refractivity contribution in [3.05, 3.63) is 0 Å². The van der Waals surface area contributed by atoms with E-state index in [4.69, 9.17) is 5.11 Å². The normalized spacial score (nSPS) is 29.5. The molecule has 2 N–H and O–H groups in total. The van der Waals surface area contributed by atoms with Crippen molar-refractivity contribution >= 4 is 0 Å². The molecule has 3 heteroatoms. The van der Waals surface area contributed by atoms with E-state index >= 15 is 0 Å². The third-order valence-corrected chi connectivity index (χ3v) is 3.22. The quantitative estimate of drug-likeness (QED) is 0.608. The maximum Gasteiger partial charge on any atom is 0.0480 e. The number of hydrogen-bond acceptors (Lipinski definition) is 3. The van der Waals surface area contributed by atoms with Crippen molar-refractivity contribution < 1.29 is 5.11 Å². The molecule has 0 atom stereocenters. The number of hydrogen-bond donors (Lipinski definition) is 2. The molecule has 2 aliphatic rings. The Morgan fingerprint density at radius 3 is 2.50 bits per heavy atom. The van der Waals surface area contributed by atoms with Gasteiger partial charge in [0.1, 0.15) is 0 Å². The molecule has 0 unspecified atom stereocenters. The molecule has 3 nitrogen and oxygen atoms in total. The van der Waals surface area contributed by atoms with Gasteiger partial charge in [0.2, 0.25) is 0 Å². The molecule has 0 amide bonds. The molecule has 0 aliphatic carbocycles. The molecule has 0 spiro atoms. The van der Waals surface area contributed by atoms with Crippen LogP contribution in [0.25, 0.3) is 0 Å². The summed E-state index contributed by atoms with van der Waals surface area (Å²) in [6.45, 7) is 7.20. The van der Waals surface area contributed by atoms with Gasteiger partial charge in [-0.25, -0.2) is 0 Å². The second-order valence-electron chi connectivity index (χ2n) is 4.31. The average Bonchev–Trinajstić information content (AvgIpc) is 1.91. The molecule has 0 aromatic rings. The fraction of sp³-hybridized carbons (Fsp3) is 1.00. The molecule has 2 heterocycles. The lowest BCUT2D eigenvalue weighted by molar-refractivity contribution is -0.0531. The van der Waals surface area contributed by atoms with Gasteiger partial charge in [0, 0.05) is 38.3 Å². The Balaban J connectivity index is 1.89. The minimum atomic E-state index is 0.321. The third kappa shape index (κ3) is 1.16. The standard InChI is InChI=1S/C9H18N2O/c1-8-4-11(5-8)9(2-3-12)6-10-7-9/h8,10,12H,2-7H2,1H3. The Hall–Kier alpha value is -0.120. The molecule has 0 aromatic carbocycles. The van der Waals surface area contributed by atoms with Gasteiger partial charge < -0.3 is 10.4 Å². The van der Waals surface area contributed by atoms with Crippen LogP contribution in [-0.4, -0.2) is 48.3 Å². The molecule has 12 heavy (non-hydrogen) atoms. The van der Waals surface area contributed by atoms with Crippen molar-refractivity contribution in [3.8, 4) is 0 Å². The maximum absolute atomic E-state index is 8.95. The van der Waals surface area contributed by atoms with Crippen LogP contribution in [0.4, 0.5) is 0 Å². The monoisotopic (exact) mass is 170 g/mol. The van der Waals surface area contributed by atoms with Crippen molar-refractivity contribution in [3.63, 3.8) is 0 Å². The van der Waals surface area contributed by atoms with Crippen molar-refractivity contribution in [2.24, 2.45) is 5.92 Å². The van der Waals surface area contributed by atoms with Crippen LogP contribution in [0.15, 0.2) is 0 Å². The summed E-state index contributed by atoms with van der Waals surface area (Å²) in [5, 5.41) is 12.2. The van der Waals surface area contributed by atoms with Crippen LogP contribution >= 0.6 is 0 Å². The van der Waals surface area contributed by atoms with Crippen LogP contribution in [0.5, 0.6) is 0 Å². The summed E-state index contributed by atoms with van der Waals surface area (Å²) in [7, 11) is 0. The van der Waals surface area contributed by atoms with Gasteiger partial charge in [-0.3, -0.25) is 4.90 Å². The van der Waals surface area contributed by atoms with Crippen LogP contribution in [0, 0.1) is 5.92 Å². The van der Waals surface area contributed by atoms with Crippen molar-refractivity contribution in [1.82, 2.24) is 10.2 Å². The number of rotatable bonds is 3. The van der Waals surface area contributed by atoms with Gasteiger partial charge in [-0.1, -0.05) is 6.92 Å². The number of nitrogens with zero attached hydrogens (tertiary/aromatic N) is 1. The highest BCUT2D eigenvalue weighted by Gasteiger charge is 2.45. The summed E-state index contributed by atoms with van der Waals surface area (Å²) >= 11 is 0. The Morgan fingerprint density at radius 1 is 1.50 bits per heavy atom. The van der Waals surface area contributed by atoms with Gasteiger partial charge >= 0.3 is 0 Å². The van der Waals surface area contributed by atoms with E-state index in [2.05, 4.69) is 17.1 Å². The zero-order valence-electron chi connectivity index (χ0n) is 7.71. The summed E-state index contributed by atoms with van der Waals surface area (Å²) in [5.41, 5.74) is 0.321. The molecule has 70 valence electrons. The van der Waals surface area contributed by atoms with E-state index in [1.165, 1.54) is 13.1 Å². The molecule has 2 fully saturated rings. The summed E-state index contributed by atoms with van der Waals surface area (Å²) in [6, 6.07) is 0. The summed E-state index contributed by atoms with van der Waals surface area (Å²) in [6.07, 6.45) is 0.937. The van der Waals surface area contributed by atoms with Crippen molar-refractivity contribution in [1.29, 1.82) is 0 Å². The van der Waals surface area contributed by atoms with Crippen LogP contribution in [-0.2, 0) is 0 Å². The Labute approximate surface area is 73.8 Å². The van der Waals surface area contributed by atoms with E-state index in [1.807, 2.05) is 0 Å². The highest BCUT2D eigenvalue weighted by Crippen LogP contribution is 2.31. The molecular formula is C9H18N2O. The van der Waals surface area contributed by atoms with E-state index < -0.39 is 0 Å². The minimum Gasteiger partial charge on any atom is -0.396 e. The van der Waals surface area contributed by atoms with Gasteiger partial charge in [0.25, 0.3) is 0 Å². The van der Waals surface area contributed by atoms with Crippen molar-refractivity contribution in [2.75, 3.05) is 32.8 Å². The van der Waals surface area contributed by atoms with Gasteiger partial charge in [-0.2, -0.15) is 0 Å². The number of aliphatic hydroxyl groups excluding tert-OH is 1. The zero-order valence-corrected chi connectivity index (χ0v) is 7.71. The Morgan fingerprint density at radius 2 is 2.17 bits per heavy atom. The Bertz CT molecular complexity index is 162. The van der Waals surface area contributed by atoms with Crippen molar-refractivity contribution in [2.45, 2.75) is 18.9 Å². The first kappa shape index (κ1) is 8.48. The summed E-state index contributed by atoms with van der Waals surface area (Å²) < 4.78 is 0. The van der Waals surface area contributed by atoms with E-state index in [-0.39, 0.29) is 0 Å². The highest BCUT2D eigenvalue weighted by molar-refractivity contribution is 5.05. The molecule has 0 saturated carbocycles. The molecule has 0 bridgehead atoms. The first-order valence-electron chi connectivity index (χ1n) is 4.83. The zero-order chi connectivity index (χ0) is 8.60. The fourth-order valence-corrected chi connectivity index (χ4v) is 2.27. The average molecular weight is 170 g/mol. The predicted molar refractivity (Wildman–Crippen MR) is 48.0 cm³/mol. The van der Waals surface area contributed by atoms with E-state index in [0.29, 0.717) is 12.1 Å². The molecule has 2 saturated heterocycles. The number of likely N-dealkylation sites (tertiary alicyclic amines) is 1. The van der Waals surface area contributed by atoms with Gasteiger partial charge in [0.05, 0.1) is 0 Å². The first-order chi connectivity index (χ1) is 5.77. The SMILES string of the molecule is CC1CN(C2(CCO)CNC2)C1. The number of aliphatic hydroxyl groups is 1. The summed E-state index contributed by atoms with van der Waals surface area (Å²) in [4.78, 5) is 2.52. The second kappa shape index (κ2) is 2.98. The van der Waals surface area contributed by atoms with Crippen LogP contribution in [0.1, 0.15) is 13.3 Å². The van der Waals surface area contributed by atoms with Crippen LogP contribution in [0.3, 0.4) is 0 Å². The smallest absolute Gasteiger partial charge is 0.0480 e. The third-order valence-electron chi connectivity index (χ3n) is 3.22. The topological polar surface area (TPSA) is 35.5 Å². The molecule has 0 aromatic heterocycles. The fourth-order valence-electron chi connectivity index (χ4n) is 2.27. The lowest BCUT2D eigenvalue weighted by atomic mass is 9.82. The largest absolute Gasteiger partial charge is 0.396 e. The van der Waals surface area contributed by atoms with E-state index in [0.717, 1.165) is 25.4 Å². The Kier molecular flexibility index (Phi) is 2.10. The van der Waals surface area contributed by atoms with Gasteiger partial charge in [-0.05, 0) is 12.3 Å². The van der Waals surface area contributed by atoms with E-state index in [9.17, 15) is 0 Å². The number of nitrogens with one attached hydrogen (secondary N) is 1. The molecule has 2 aliphatic heterocycles.